The summed E-state index contributed by atoms with van der Waals surface area (Å²) in [5, 5.41) is 10.6. The number of ether oxygens (including phenoxy) is 2. The van der Waals surface area contributed by atoms with Crippen LogP contribution in [0.2, 0.25) is 0 Å². The number of halogens is 2. The Balaban J connectivity index is 1.83. The summed E-state index contributed by atoms with van der Waals surface area (Å²) < 4.78 is 63.7. The summed E-state index contributed by atoms with van der Waals surface area (Å²) >= 11 is 0.362. The maximum absolute atomic E-state index is 15.6. The lowest BCUT2D eigenvalue weighted by atomic mass is 9.97. The molecule has 11 nitrogen and oxygen atoms in total. The van der Waals surface area contributed by atoms with E-state index in [-0.39, 0.29) is 11.6 Å². The van der Waals surface area contributed by atoms with Crippen LogP contribution in [-0.4, -0.2) is 57.6 Å². The smallest absolute Gasteiger partial charge is 0.351 e. The van der Waals surface area contributed by atoms with Gasteiger partial charge in [-0.15, -0.1) is 0 Å². The van der Waals surface area contributed by atoms with E-state index >= 15 is 8.78 Å². The van der Waals surface area contributed by atoms with Crippen LogP contribution in [0.25, 0.3) is 0 Å². The Kier molecular flexibility index (Phi) is 8.78. The monoisotopic (exact) mass is 548 g/mol. The number of nitrogens with one attached hydrogen (secondary N) is 1. The Bertz CT molecular complexity index is 1170. The summed E-state index contributed by atoms with van der Waals surface area (Å²) in [6.07, 6.45) is -4.64. The van der Waals surface area contributed by atoms with Gasteiger partial charge in [-0.3, -0.25) is 13.9 Å². The van der Waals surface area contributed by atoms with Crippen LogP contribution in [0.5, 0.6) is 5.75 Å². The molecule has 2 heterocycles. The van der Waals surface area contributed by atoms with E-state index in [2.05, 4.69) is 14.4 Å². The number of esters is 1. The molecule has 1 aromatic heterocycles. The molecule has 3 rings (SSSR count). The molecule has 0 saturated carbocycles. The van der Waals surface area contributed by atoms with Gasteiger partial charge < -0.3 is 24.8 Å². The molecule has 1 aliphatic rings. The Hall–Kier alpha value is -2.51. The topological polar surface area (TPSA) is 155 Å². The van der Waals surface area contributed by atoms with E-state index in [1.54, 1.807) is 18.2 Å². The average Bonchev–Trinajstić information content (AvgIpc) is 3.06. The summed E-state index contributed by atoms with van der Waals surface area (Å²) in [4.78, 5) is 27.4. The number of hydrogen-bond donors (Lipinski definition) is 3. The van der Waals surface area contributed by atoms with Gasteiger partial charge in [-0.05, 0) is 32.0 Å². The first-order chi connectivity index (χ1) is 16.9. The summed E-state index contributed by atoms with van der Waals surface area (Å²) in [5.41, 5.74) is 2.01. The van der Waals surface area contributed by atoms with Crippen molar-refractivity contribution in [1.82, 2.24) is 14.3 Å². The van der Waals surface area contributed by atoms with E-state index in [1.165, 1.54) is 25.1 Å². The number of carbonyl (C=O) groups is 1. The molecule has 0 bridgehead atoms. The third-order valence-corrected chi connectivity index (χ3v) is 9.54. The number of para-hydroxylation sites is 1. The summed E-state index contributed by atoms with van der Waals surface area (Å²) in [6.45, 7) is -1.94. The molecule has 0 aliphatic carbocycles. The molecular formula is C21H27F2N4O7PS. The second-order valence-corrected chi connectivity index (χ2v) is 12.5. The van der Waals surface area contributed by atoms with Gasteiger partial charge >= 0.3 is 18.2 Å². The predicted octanol–water partition coefficient (Wildman–Crippen LogP) is 2.57. The number of alkyl halides is 2. The van der Waals surface area contributed by atoms with E-state index in [0.717, 1.165) is 24.8 Å². The van der Waals surface area contributed by atoms with E-state index in [4.69, 9.17) is 15.0 Å². The van der Waals surface area contributed by atoms with Crippen LogP contribution < -0.4 is 20.7 Å². The third-order valence-electron chi connectivity index (χ3n) is 5.48. The van der Waals surface area contributed by atoms with Crippen molar-refractivity contribution in [3.05, 3.63) is 53.1 Å². The van der Waals surface area contributed by atoms with Crippen LogP contribution in [0.15, 0.2) is 47.4 Å². The van der Waals surface area contributed by atoms with Crippen LogP contribution in [0.4, 0.5) is 14.6 Å². The average molecular weight is 549 g/mol. The van der Waals surface area contributed by atoms with Crippen molar-refractivity contribution >= 4 is 29.9 Å². The number of aliphatic hydroxyl groups excluding tert-OH is 1. The van der Waals surface area contributed by atoms with Crippen molar-refractivity contribution in [3.63, 3.8) is 0 Å². The summed E-state index contributed by atoms with van der Waals surface area (Å²) in [7, 11) is 1.16. The zero-order valence-corrected chi connectivity index (χ0v) is 21.3. The molecule has 7 atom stereocenters. The number of carbonyl (C=O) groups excluding carboxylic acids is 1. The molecule has 198 valence electrons. The van der Waals surface area contributed by atoms with Crippen LogP contribution in [-0.2, 0) is 18.8 Å². The van der Waals surface area contributed by atoms with Crippen LogP contribution in [0.3, 0.4) is 0 Å². The number of hydrogen-bond acceptors (Lipinski definition) is 11. The fourth-order valence-corrected chi connectivity index (χ4v) is 6.90. The molecule has 1 saturated heterocycles. The molecule has 2 aromatic rings. The van der Waals surface area contributed by atoms with Crippen molar-refractivity contribution in [2.24, 2.45) is 0 Å². The Morgan fingerprint density at radius 2 is 2.08 bits per heavy atom. The summed E-state index contributed by atoms with van der Waals surface area (Å²) in [5.74, 6) is -2.97. The lowest BCUT2D eigenvalue weighted by Crippen LogP contribution is -2.42. The van der Waals surface area contributed by atoms with E-state index in [9.17, 15) is 19.3 Å². The number of rotatable bonds is 10. The van der Waals surface area contributed by atoms with Crippen molar-refractivity contribution in [2.75, 3.05) is 12.8 Å². The molecule has 0 amide bonds. The highest BCUT2D eigenvalue weighted by atomic mass is 32.7. The highest BCUT2D eigenvalue weighted by Gasteiger charge is 2.57. The van der Waals surface area contributed by atoms with E-state index < -0.39 is 60.7 Å². The molecule has 36 heavy (non-hydrogen) atoms. The number of nitrogen functional groups attached to an aromatic ring is 1. The van der Waals surface area contributed by atoms with Gasteiger partial charge in [0.2, 0.25) is 0 Å². The predicted molar refractivity (Wildman–Crippen MR) is 129 cm³/mol. The second-order valence-electron chi connectivity index (χ2n) is 8.23. The van der Waals surface area contributed by atoms with E-state index in [1.807, 2.05) is 0 Å². The minimum Gasteiger partial charge on any atom is -0.468 e. The summed E-state index contributed by atoms with van der Waals surface area (Å²) in [6, 6.07) is 8.04. The molecule has 0 radical (unpaired) electrons. The largest absolute Gasteiger partial charge is 0.468 e. The van der Waals surface area contributed by atoms with Gasteiger partial charge in [0.15, 0.2) is 17.8 Å². The van der Waals surface area contributed by atoms with Crippen molar-refractivity contribution in [3.8, 4) is 5.75 Å². The number of anilines is 1. The first-order valence-electron chi connectivity index (χ1n) is 10.8. The molecular weight excluding hydrogens is 521 g/mol. The zero-order valence-electron chi connectivity index (χ0n) is 19.6. The normalized spacial score (nSPS) is 27.1. The van der Waals surface area contributed by atoms with Crippen LogP contribution in [0.1, 0.15) is 26.5 Å². The van der Waals surface area contributed by atoms with Gasteiger partial charge in [-0.2, -0.15) is 4.98 Å². The Morgan fingerprint density at radius 1 is 1.42 bits per heavy atom. The lowest BCUT2D eigenvalue weighted by molar-refractivity contribution is -0.142. The zero-order chi connectivity index (χ0) is 26.7. The molecule has 0 spiro atoms. The number of benzene rings is 1. The van der Waals surface area contributed by atoms with Gasteiger partial charge in [-0.25, -0.2) is 18.3 Å². The standard InChI is InChI=1S/C21H27F2N4O7PS/c1-12(18(29)32-3)26-36-35(31,34-13-7-5-4-6-8-13)15(22)11-14-17(28)21(2,23)19(33-14)27-10-9-16(24)25-20(27)30/h4-10,12,14-15,17,19,26,28H,11H2,1-3H3,(H2,24,25,30)/t12?,14-,15?,17-,19-,21-,35?/m1/s1. The molecule has 1 aromatic carbocycles. The number of methoxy groups -OCH3 is 1. The lowest BCUT2D eigenvalue weighted by Gasteiger charge is -2.26. The van der Waals surface area contributed by atoms with Gasteiger partial charge in [0.05, 0.1) is 13.2 Å². The highest BCUT2D eigenvalue weighted by molar-refractivity contribution is 8.55. The Labute approximate surface area is 209 Å². The molecule has 4 N–H and O–H groups in total. The van der Waals surface area contributed by atoms with E-state index in [0.29, 0.717) is 11.6 Å². The minimum absolute atomic E-state index is 0.0871. The van der Waals surface area contributed by atoms with Crippen molar-refractivity contribution in [2.45, 2.75) is 56.3 Å². The maximum atomic E-state index is 15.6. The first-order valence-corrected chi connectivity index (χ1v) is 13.9. The second kappa shape index (κ2) is 11.3. The number of aromatic nitrogens is 2. The van der Waals surface area contributed by atoms with Crippen molar-refractivity contribution < 1.29 is 37.2 Å². The molecule has 1 fully saturated rings. The molecule has 1 aliphatic heterocycles. The first kappa shape index (κ1) is 28.1. The van der Waals surface area contributed by atoms with Crippen LogP contribution >= 0.6 is 18.1 Å². The quantitative estimate of drug-likeness (QED) is 0.228. The van der Waals surface area contributed by atoms with Gasteiger partial charge in [0.1, 0.15) is 23.7 Å². The number of nitrogens with zero attached hydrogens (tertiary/aromatic N) is 2. The maximum Gasteiger partial charge on any atom is 0.351 e. The van der Waals surface area contributed by atoms with Gasteiger partial charge in [0, 0.05) is 24.2 Å². The van der Waals surface area contributed by atoms with Crippen molar-refractivity contribution in [1.29, 1.82) is 0 Å². The SMILES string of the molecule is COC(=O)C(C)NSP(=O)(Oc1ccccc1)C(F)C[C@H]1O[C@@H](n2ccc(N)nc2=O)[C@](C)(F)[C@@H]1O. The fourth-order valence-electron chi connectivity index (χ4n) is 3.47. The highest BCUT2D eigenvalue weighted by Crippen LogP contribution is 2.64. The Morgan fingerprint density at radius 3 is 2.69 bits per heavy atom. The molecule has 3 unspecified atom stereocenters. The van der Waals surface area contributed by atoms with Gasteiger partial charge in [-0.1, -0.05) is 18.2 Å². The molecule has 15 heteroatoms. The third kappa shape index (κ3) is 6.06. The fraction of sp³-hybridized carbons (Fsp3) is 0.476. The van der Waals surface area contributed by atoms with Crippen LogP contribution in [0, 0.1) is 0 Å². The van der Waals surface area contributed by atoms with Gasteiger partial charge in [0.25, 0.3) is 0 Å². The number of aliphatic hydroxyl groups is 1. The minimum atomic E-state index is -4.34. The number of nitrogens with two attached hydrogens (primary N) is 1.